The zero-order valence-corrected chi connectivity index (χ0v) is 10.7. The number of rotatable bonds is 1. The van der Waals surface area contributed by atoms with Gasteiger partial charge < -0.3 is 5.73 Å². The van der Waals surface area contributed by atoms with E-state index in [1.165, 1.54) is 12.1 Å². The molecule has 0 spiro atoms. The molecule has 1 aromatic heterocycles. The van der Waals surface area contributed by atoms with Crippen molar-refractivity contribution in [3.63, 3.8) is 0 Å². The number of halogens is 2. The number of anilines is 1. The highest BCUT2D eigenvalue weighted by molar-refractivity contribution is 6.33. The Hall–Kier alpha value is -2.13. The molecular weight excluding hydrogens is 263 g/mol. The van der Waals surface area contributed by atoms with Crippen LogP contribution in [0.15, 0.2) is 48.7 Å². The lowest BCUT2D eigenvalue weighted by atomic mass is 10.0. The Balaban J connectivity index is 2.24. The number of aromatic nitrogens is 1. The van der Waals surface area contributed by atoms with Crippen molar-refractivity contribution in [2.24, 2.45) is 0 Å². The van der Waals surface area contributed by atoms with Gasteiger partial charge in [-0.25, -0.2) is 4.39 Å². The molecule has 0 atom stereocenters. The lowest BCUT2D eigenvalue weighted by molar-refractivity contribution is 0.628. The summed E-state index contributed by atoms with van der Waals surface area (Å²) in [5.74, 6) is -0.414. The zero-order chi connectivity index (χ0) is 13.4. The van der Waals surface area contributed by atoms with Crippen molar-refractivity contribution >= 4 is 28.2 Å². The molecule has 0 unspecified atom stereocenters. The molecule has 2 aromatic carbocycles. The fourth-order valence-electron chi connectivity index (χ4n) is 2.04. The van der Waals surface area contributed by atoms with Crippen molar-refractivity contribution in [2.75, 3.05) is 5.73 Å². The van der Waals surface area contributed by atoms with Crippen molar-refractivity contribution in [1.82, 2.24) is 4.98 Å². The summed E-state index contributed by atoms with van der Waals surface area (Å²) < 4.78 is 13.4. The second-order valence-electron chi connectivity index (χ2n) is 4.27. The molecule has 3 rings (SSSR count). The average Bonchev–Trinajstić information content (AvgIpc) is 2.42. The summed E-state index contributed by atoms with van der Waals surface area (Å²) in [6.45, 7) is 0. The van der Waals surface area contributed by atoms with E-state index in [4.69, 9.17) is 17.3 Å². The summed E-state index contributed by atoms with van der Waals surface area (Å²) in [4.78, 5) is 4.34. The molecule has 0 amide bonds. The van der Waals surface area contributed by atoms with E-state index in [0.717, 1.165) is 16.5 Å². The van der Waals surface area contributed by atoms with Crippen LogP contribution in [0.4, 0.5) is 10.1 Å². The molecular formula is C15H10ClFN2. The highest BCUT2D eigenvalue weighted by atomic mass is 35.5. The lowest BCUT2D eigenvalue weighted by Crippen LogP contribution is -1.93. The van der Waals surface area contributed by atoms with Crippen LogP contribution in [-0.4, -0.2) is 4.98 Å². The van der Waals surface area contributed by atoms with Gasteiger partial charge in [0.2, 0.25) is 0 Å². The third-order valence-electron chi connectivity index (χ3n) is 3.00. The minimum atomic E-state index is -0.414. The third-order valence-corrected chi connectivity index (χ3v) is 3.31. The number of para-hydroxylation sites is 1. The normalized spacial score (nSPS) is 10.8. The Kier molecular flexibility index (Phi) is 2.84. The molecule has 0 aliphatic heterocycles. The molecule has 1 heterocycles. The van der Waals surface area contributed by atoms with Crippen LogP contribution in [0.25, 0.3) is 22.0 Å². The molecule has 19 heavy (non-hydrogen) atoms. The molecule has 0 radical (unpaired) electrons. The van der Waals surface area contributed by atoms with Crippen molar-refractivity contribution in [2.45, 2.75) is 0 Å². The van der Waals surface area contributed by atoms with Gasteiger partial charge in [0, 0.05) is 22.7 Å². The number of fused-ring (bicyclic) bond motifs is 1. The van der Waals surface area contributed by atoms with E-state index in [2.05, 4.69) is 4.98 Å². The van der Waals surface area contributed by atoms with Crippen LogP contribution in [0.5, 0.6) is 0 Å². The second-order valence-corrected chi connectivity index (χ2v) is 4.67. The first-order valence-corrected chi connectivity index (χ1v) is 6.12. The van der Waals surface area contributed by atoms with E-state index in [1.54, 1.807) is 6.20 Å². The molecule has 4 heteroatoms. The van der Waals surface area contributed by atoms with Gasteiger partial charge in [-0.1, -0.05) is 29.8 Å². The minimum Gasteiger partial charge on any atom is -0.397 e. The topological polar surface area (TPSA) is 38.9 Å². The molecule has 0 aliphatic carbocycles. The first-order chi connectivity index (χ1) is 9.15. The van der Waals surface area contributed by atoms with Crippen molar-refractivity contribution in [3.8, 4) is 11.1 Å². The van der Waals surface area contributed by atoms with Crippen LogP contribution in [0.2, 0.25) is 5.02 Å². The maximum Gasteiger partial charge on any atom is 0.125 e. The Bertz CT molecular complexity index is 771. The molecule has 0 saturated carbocycles. The van der Waals surface area contributed by atoms with Crippen LogP contribution in [0.1, 0.15) is 0 Å². The number of nitrogens with two attached hydrogens (primary N) is 1. The summed E-state index contributed by atoms with van der Waals surface area (Å²) in [5.41, 5.74) is 8.45. The summed E-state index contributed by atoms with van der Waals surface area (Å²) in [5, 5.41) is 1.18. The standard InChI is InChI=1S/C15H10ClFN2/c16-13-7-11(17)6-12(15(13)18)10-5-9-3-1-2-4-14(9)19-8-10/h1-8H,18H2. The zero-order valence-electron chi connectivity index (χ0n) is 9.90. The van der Waals surface area contributed by atoms with E-state index in [1.807, 2.05) is 30.3 Å². The van der Waals surface area contributed by atoms with Crippen LogP contribution in [-0.2, 0) is 0 Å². The number of nitrogen functional groups attached to an aromatic ring is 1. The third kappa shape index (κ3) is 2.13. The molecule has 2 N–H and O–H groups in total. The van der Waals surface area contributed by atoms with Gasteiger partial charge in [0.25, 0.3) is 0 Å². The van der Waals surface area contributed by atoms with Gasteiger partial charge in [0.05, 0.1) is 16.2 Å². The lowest BCUT2D eigenvalue weighted by Gasteiger charge is -2.08. The Morgan fingerprint density at radius 1 is 1.11 bits per heavy atom. The van der Waals surface area contributed by atoms with Crippen LogP contribution in [0, 0.1) is 5.82 Å². The summed E-state index contributed by atoms with van der Waals surface area (Å²) >= 11 is 5.90. The highest BCUT2D eigenvalue weighted by Gasteiger charge is 2.10. The van der Waals surface area contributed by atoms with Gasteiger partial charge in [-0.3, -0.25) is 4.98 Å². The SMILES string of the molecule is Nc1c(Cl)cc(F)cc1-c1cnc2ccccc2c1. The van der Waals surface area contributed by atoms with Gasteiger partial charge in [-0.15, -0.1) is 0 Å². The number of hydrogen-bond donors (Lipinski definition) is 1. The predicted molar refractivity (Wildman–Crippen MR) is 76.6 cm³/mol. The van der Waals surface area contributed by atoms with E-state index >= 15 is 0 Å². The summed E-state index contributed by atoms with van der Waals surface area (Å²) in [6, 6.07) is 12.2. The van der Waals surface area contributed by atoms with Gasteiger partial charge in [-0.2, -0.15) is 0 Å². The summed E-state index contributed by atoms with van der Waals surface area (Å²) in [7, 11) is 0. The van der Waals surface area contributed by atoms with Gasteiger partial charge in [-0.05, 0) is 24.3 Å². The maximum atomic E-state index is 13.4. The van der Waals surface area contributed by atoms with Crippen molar-refractivity contribution in [3.05, 3.63) is 59.5 Å². The van der Waals surface area contributed by atoms with Gasteiger partial charge in [0.15, 0.2) is 0 Å². The molecule has 0 fully saturated rings. The van der Waals surface area contributed by atoms with E-state index in [0.29, 0.717) is 11.3 Å². The molecule has 94 valence electrons. The molecule has 0 aliphatic rings. The largest absolute Gasteiger partial charge is 0.397 e. The monoisotopic (exact) mass is 272 g/mol. The molecule has 0 bridgehead atoms. The predicted octanol–water partition coefficient (Wildman–Crippen LogP) is 4.28. The number of nitrogens with zero attached hydrogens (tertiary/aromatic N) is 1. The Morgan fingerprint density at radius 3 is 2.74 bits per heavy atom. The smallest absolute Gasteiger partial charge is 0.125 e. The molecule has 3 aromatic rings. The number of hydrogen-bond acceptors (Lipinski definition) is 2. The van der Waals surface area contributed by atoms with E-state index in [-0.39, 0.29) is 5.02 Å². The molecule has 2 nitrogen and oxygen atoms in total. The van der Waals surface area contributed by atoms with Gasteiger partial charge in [0.1, 0.15) is 5.82 Å². The quantitative estimate of drug-likeness (QED) is 0.672. The first kappa shape index (κ1) is 11.9. The van der Waals surface area contributed by atoms with Crippen LogP contribution < -0.4 is 5.73 Å². The summed E-state index contributed by atoms with van der Waals surface area (Å²) in [6.07, 6.45) is 1.67. The average molecular weight is 273 g/mol. The van der Waals surface area contributed by atoms with Crippen LogP contribution in [0.3, 0.4) is 0 Å². The van der Waals surface area contributed by atoms with E-state index < -0.39 is 5.82 Å². The first-order valence-electron chi connectivity index (χ1n) is 5.75. The Morgan fingerprint density at radius 2 is 1.89 bits per heavy atom. The Labute approximate surface area is 114 Å². The fourth-order valence-corrected chi connectivity index (χ4v) is 2.25. The maximum absolute atomic E-state index is 13.4. The van der Waals surface area contributed by atoms with Crippen molar-refractivity contribution in [1.29, 1.82) is 0 Å². The minimum absolute atomic E-state index is 0.211. The fraction of sp³-hybridized carbons (Fsp3) is 0. The highest BCUT2D eigenvalue weighted by Crippen LogP contribution is 2.33. The van der Waals surface area contributed by atoms with Crippen molar-refractivity contribution < 1.29 is 4.39 Å². The van der Waals surface area contributed by atoms with Crippen LogP contribution >= 0.6 is 11.6 Å². The molecule has 0 saturated heterocycles. The number of benzene rings is 2. The van der Waals surface area contributed by atoms with Gasteiger partial charge >= 0.3 is 0 Å². The van der Waals surface area contributed by atoms with E-state index in [9.17, 15) is 4.39 Å². The number of pyridine rings is 1. The second kappa shape index (κ2) is 4.52.